The van der Waals surface area contributed by atoms with Gasteiger partial charge in [0.1, 0.15) is 5.69 Å². The summed E-state index contributed by atoms with van der Waals surface area (Å²) >= 11 is 3.09. The number of hydrogen-bond acceptors (Lipinski definition) is 8. The molecule has 1 N–H and O–H groups in total. The number of rotatable bonds is 6. The van der Waals surface area contributed by atoms with E-state index < -0.39 is 16.3 Å². The maximum Gasteiger partial charge on any atom is 0.294 e. The average Bonchev–Trinajstić information content (AvgIpc) is 3.20. The van der Waals surface area contributed by atoms with Gasteiger partial charge in [-0.3, -0.25) is 19.7 Å². The van der Waals surface area contributed by atoms with Gasteiger partial charge >= 0.3 is 0 Å². The molecule has 11 heteroatoms. The maximum absolute atomic E-state index is 12.9. The largest absolute Gasteiger partial charge is 0.320 e. The fourth-order valence-corrected chi connectivity index (χ4v) is 5.16. The van der Waals surface area contributed by atoms with Crippen molar-refractivity contribution >= 4 is 40.4 Å². The zero-order chi connectivity index (χ0) is 24.4. The fourth-order valence-electron chi connectivity index (χ4n) is 3.25. The fraction of sp³-hybridized carbons (Fsp3) is 0.130. The molecule has 0 aliphatic carbocycles. The summed E-state index contributed by atoms with van der Waals surface area (Å²) in [5.41, 5.74) is 1.70. The Kier molecular flexibility index (Phi) is 6.57. The first kappa shape index (κ1) is 23.3. The predicted octanol–water partition coefficient (Wildman–Crippen LogP) is 4.93. The van der Waals surface area contributed by atoms with Gasteiger partial charge in [-0.2, -0.15) is 5.10 Å². The number of nitro groups is 1. The summed E-state index contributed by atoms with van der Waals surface area (Å²) in [6.07, 6.45) is 0. The molecule has 1 amide bonds. The van der Waals surface area contributed by atoms with E-state index in [0.29, 0.717) is 11.4 Å². The van der Waals surface area contributed by atoms with Gasteiger partial charge in [0.05, 0.1) is 4.92 Å². The van der Waals surface area contributed by atoms with Crippen LogP contribution in [-0.4, -0.2) is 25.6 Å². The van der Waals surface area contributed by atoms with Crippen LogP contribution in [0, 0.1) is 30.9 Å². The van der Waals surface area contributed by atoms with Gasteiger partial charge in [-0.15, -0.1) is 11.3 Å². The molecular formula is C23H19N5O4S2. The molecule has 0 aliphatic rings. The molecule has 0 saturated heterocycles. The van der Waals surface area contributed by atoms with Crippen molar-refractivity contribution in [2.45, 2.75) is 30.0 Å². The number of amides is 1. The third kappa shape index (κ3) is 4.90. The van der Waals surface area contributed by atoms with Gasteiger partial charge in [-0.05, 0) is 50.6 Å². The van der Waals surface area contributed by atoms with Crippen molar-refractivity contribution < 1.29 is 9.72 Å². The van der Waals surface area contributed by atoms with Crippen LogP contribution in [0.5, 0.6) is 0 Å². The Morgan fingerprint density at radius 3 is 2.59 bits per heavy atom. The van der Waals surface area contributed by atoms with Crippen LogP contribution in [-0.2, 0) is 0 Å². The molecule has 2 aromatic heterocycles. The lowest BCUT2D eigenvalue weighted by atomic mass is 10.2. The van der Waals surface area contributed by atoms with Gasteiger partial charge in [-0.25, -0.2) is 9.67 Å². The lowest BCUT2D eigenvalue weighted by molar-refractivity contribution is -0.384. The molecule has 0 unspecified atom stereocenters. The second-order valence-electron chi connectivity index (χ2n) is 7.44. The van der Waals surface area contributed by atoms with E-state index in [2.05, 4.69) is 15.4 Å². The van der Waals surface area contributed by atoms with Crippen LogP contribution in [0.3, 0.4) is 0 Å². The van der Waals surface area contributed by atoms with Crippen molar-refractivity contribution in [2.75, 3.05) is 5.32 Å². The van der Waals surface area contributed by atoms with Crippen molar-refractivity contribution in [1.29, 1.82) is 0 Å². The van der Waals surface area contributed by atoms with Crippen LogP contribution in [0.25, 0.3) is 5.69 Å². The third-order valence-corrected chi connectivity index (χ3v) is 6.92. The van der Waals surface area contributed by atoms with Crippen molar-refractivity contribution in [3.05, 3.63) is 96.9 Å². The number of para-hydroxylation sites is 2. The highest BCUT2D eigenvalue weighted by Gasteiger charge is 2.20. The molecular weight excluding hydrogens is 474 g/mol. The van der Waals surface area contributed by atoms with Crippen LogP contribution in [0.4, 0.5) is 11.4 Å². The minimum Gasteiger partial charge on any atom is -0.320 e. The number of nitro benzene ring substituents is 1. The van der Waals surface area contributed by atoms with Crippen LogP contribution in [0.1, 0.15) is 27.4 Å². The summed E-state index contributed by atoms with van der Waals surface area (Å²) < 4.78 is 2.16. The van der Waals surface area contributed by atoms with E-state index in [-0.39, 0.29) is 17.1 Å². The Morgan fingerprint density at radius 1 is 1.15 bits per heavy atom. The normalized spacial score (nSPS) is 10.8. The minimum absolute atomic E-state index is 0.161. The summed E-state index contributed by atoms with van der Waals surface area (Å²) in [4.78, 5) is 41.8. The first-order valence-corrected chi connectivity index (χ1v) is 11.8. The molecule has 0 aliphatic heterocycles. The van der Waals surface area contributed by atoms with E-state index in [4.69, 9.17) is 0 Å². The maximum atomic E-state index is 12.9. The highest BCUT2D eigenvalue weighted by Crippen LogP contribution is 2.32. The molecule has 0 fully saturated rings. The molecule has 0 saturated carbocycles. The number of thiazole rings is 1. The summed E-state index contributed by atoms with van der Waals surface area (Å²) in [5.74, 6) is -0.698. The van der Waals surface area contributed by atoms with Crippen LogP contribution >= 0.6 is 23.1 Å². The number of aryl methyl sites for hydroxylation is 3. The standard InChI is InChI=1S/C23H19N5O4S2/c1-13-10-16(34-23-24-14(2)12-33-23)8-9-17(13)25-22(30)21-20(29)11-15(3)27(26-21)18-6-4-5-7-19(18)28(31)32/h4-12H,1-3H3,(H,25,30). The van der Waals surface area contributed by atoms with Gasteiger partial charge in [0.25, 0.3) is 11.6 Å². The van der Waals surface area contributed by atoms with E-state index in [1.54, 1.807) is 30.4 Å². The molecule has 9 nitrogen and oxygen atoms in total. The lowest BCUT2D eigenvalue weighted by Crippen LogP contribution is -2.27. The Balaban J connectivity index is 1.62. The van der Waals surface area contributed by atoms with Gasteiger partial charge in [0.15, 0.2) is 10.0 Å². The lowest BCUT2D eigenvalue weighted by Gasteiger charge is -2.12. The van der Waals surface area contributed by atoms with E-state index >= 15 is 0 Å². The molecule has 0 spiro atoms. The summed E-state index contributed by atoms with van der Waals surface area (Å²) in [7, 11) is 0. The minimum atomic E-state index is -0.698. The van der Waals surface area contributed by atoms with Gasteiger partial charge < -0.3 is 5.32 Å². The van der Waals surface area contributed by atoms with Gasteiger partial charge in [-0.1, -0.05) is 23.9 Å². The Hall–Kier alpha value is -3.83. The summed E-state index contributed by atoms with van der Waals surface area (Å²) in [6.45, 7) is 5.38. The first-order chi connectivity index (χ1) is 16.2. The molecule has 172 valence electrons. The van der Waals surface area contributed by atoms with Crippen LogP contribution in [0.2, 0.25) is 0 Å². The highest BCUT2D eigenvalue weighted by atomic mass is 32.2. The highest BCUT2D eigenvalue weighted by molar-refractivity contribution is 8.01. The number of hydrogen-bond donors (Lipinski definition) is 1. The Morgan fingerprint density at radius 2 is 1.91 bits per heavy atom. The zero-order valence-corrected chi connectivity index (χ0v) is 20.1. The van der Waals surface area contributed by atoms with E-state index in [0.717, 1.165) is 20.5 Å². The van der Waals surface area contributed by atoms with Crippen LogP contribution in [0.15, 0.2) is 67.9 Å². The van der Waals surface area contributed by atoms with E-state index in [1.807, 2.05) is 31.4 Å². The Bertz CT molecular complexity index is 1480. The topological polar surface area (TPSA) is 120 Å². The Labute approximate surface area is 202 Å². The number of aromatic nitrogens is 3. The number of carbonyl (C=O) groups is 1. The number of benzene rings is 2. The molecule has 2 heterocycles. The summed E-state index contributed by atoms with van der Waals surface area (Å²) in [5, 5.41) is 20.3. The van der Waals surface area contributed by atoms with Crippen molar-refractivity contribution in [3.8, 4) is 5.69 Å². The third-order valence-electron chi connectivity index (χ3n) is 4.88. The smallest absolute Gasteiger partial charge is 0.294 e. The molecule has 2 aromatic carbocycles. The van der Waals surface area contributed by atoms with Crippen LogP contribution < -0.4 is 10.7 Å². The second kappa shape index (κ2) is 9.57. The van der Waals surface area contributed by atoms with E-state index in [1.165, 1.54) is 40.7 Å². The molecule has 34 heavy (non-hydrogen) atoms. The number of nitrogens with one attached hydrogen (secondary N) is 1. The van der Waals surface area contributed by atoms with Crippen molar-refractivity contribution in [3.63, 3.8) is 0 Å². The molecule has 0 atom stereocenters. The number of carbonyl (C=O) groups excluding carboxylic acids is 1. The molecule has 4 rings (SSSR count). The number of anilines is 1. The second-order valence-corrected chi connectivity index (χ2v) is 9.62. The average molecular weight is 494 g/mol. The summed E-state index contributed by atoms with van der Waals surface area (Å²) in [6, 6.07) is 12.8. The van der Waals surface area contributed by atoms with Crippen molar-refractivity contribution in [1.82, 2.24) is 14.8 Å². The molecule has 0 radical (unpaired) electrons. The van der Waals surface area contributed by atoms with E-state index in [9.17, 15) is 19.7 Å². The molecule has 4 aromatic rings. The quantitative estimate of drug-likeness (QED) is 0.299. The SMILES string of the molecule is Cc1csc(Sc2ccc(NC(=O)c3nn(-c4ccccc4[N+](=O)[O-])c(C)cc3=O)c(C)c2)n1. The number of nitrogens with zero attached hydrogens (tertiary/aromatic N) is 4. The molecule has 0 bridgehead atoms. The zero-order valence-electron chi connectivity index (χ0n) is 18.4. The van der Waals surface area contributed by atoms with Gasteiger partial charge in [0.2, 0.25) is 5.43 Å². The first-order valence-electron chi connectivity index (χ1n) is 10.1. The predicted molar refractivity (Wildman–Crippen MR) is 131 cm³/mol. The van der Waals surface area contributed by atoms with Gasteiger partial charge in [0, 0.05) is 39.5 Å². The van der Waals surface area contributed by atoms with Crippen molar-refractivity contribution in [2.24, 2.45) is 0 Å². The monoisotopic (exact) mass is 493 g/mol.